The Labute approximate surface area is 124 Å². The standard InChI is InChI=1S/C17H20O4/c1-3-14(19)13-6-4-5-7-15(13)21-16-9-8-12(11-18)10-17(16)20-2/h4-10,14,18-19H,3,11H2,1-2H3/t14-/m1/s1. The third kappa shape index (κ3) is 3.54. The van der Waals surface area contributed by atoms with Crippen molar-refractivity contribution in [2.75, 3.05) is 7.11 Å². The van der Waals surface area contributed by atoms with Crippen LogP contribution in [0, 0.1) is 0 Å². The van der Waals surface area contributed by atoms with Crippen LogP contribution >= 0.6 is 0 Å². The predicted octanol–water partition coefficient (Wildman–Crippen LogP) is 3.42. The molecule has 0 radical (unpaired) electrons. The van der Waals surface area contributed by atoms with Crippen LogP contribution in [0.5, 0.6) is 17.2 Å². The van der Waals surface area contributed by atoms with Gasteiger partial charge in [-0.25, -0.2) is 0 Å². The smallest absolute Gasteiger partial charge is 0.169 e. The molecule has 2 rings (SSSR count). The molecule has 0 bridgehead atoms. The largest absolute Gasteiger partial charge is 0.493 e. The summed E-state index contributed by atoms with van der Waals surface area (Å²) in [6.07, 6.45) is 0.0462. The van der Waals surface area contributed by atoms with Gasteiger partial charge in [-0.05, 0) is 30.2 Å². The number of ether oxygens (including phenoxy) is 2. The maximum atomic E-state index is 10.1. The van der Waals surface area contributed by atoms with Crippen LogP contribution in [0.25, 0.3) is 0 Å². The van der Waals surface area contributed by atoms with Crippen LogP contribution in [0.3, 0.4) is 0 Å². The summed E-state index contributed by atoms with van der Waals surface area (Å²) < 4.78 is 11.2. The van der Waals surface area contributed by atoms with Crippen molar-refractivity contribution >= 4 is 0 Å². The Hall–Kier alpha value is -2.04. The van der Waals surface area contributed by atoms with Crippen molar-refractivity contribution in [3.63, 3.8) is 0 Å². The maximum Gasteiger partial charge on any atom is 0.169 e. The van der Waals surface area contributed by atoms with Crippen LogP contribution < -0.4 is 9.47 Å². The molecular formula is C17H20O4. The van der Waals surface area contributed by atoms with Gasteiger partial charge in [-0.1, -0.05) is 31.2 Å². The van der Waals surface area contributed by atoms with E-state index in [1.807, 2.05) is 31.2 Å². The summed E-state index contributed by atoms with van der Waals surface area (Å²) in [5.74, 6) is 1.69. The highest BCUT2D eigenvalue weighted by molar-refractivity contribution is 5.47. The maximum absolute atomic E-state index is 10.1. The molecule has 0 aliphatic carbocycles. The van der Waals surface area contributed by atoms with Crippen LogP contribution in [-0.2, 0) is 6.61 Å². The molecule has 112 valence electrons. The van der Waals surface area contributed by atoms with E-state index in [1.54, 1.807) is 25.3 Å². The third-order valence-corrected chi connectivity index (χ3v) is 3.30. The van der Waals surface area contributed by atoms with Gasteiger partial charge in [0, 0.05) is 5.56 Å². The number of para-hydroxylation sites is 1. The van der Waals surface area contributed by atoms with Crippen molar-refractivity contribution in [3.05, 3.63) is 53.6 Å². The molecule has 0 amide bonds. The molecule has 0 heterocycles. The summed E-state index contributed by atoms with van der Waals surface area (Å²) in [6.45, 7) is 1.86. The molecule has 1 atom stereocenters. The summed E-state index contributed by atoms with van der Waals surface area (Å²) in [7, 11) is 1.55. The van der Waals surface area contributed by atoms with Crippen molar-refractivity contribution in [2.45, 2.75) is 26.1 Å². The zero-order chi connectivity index (χ0) is 15.2. The summed E-state index contributed by atoms with van der Waals surface area (Å²) in [5.41, 5.74) is 1.49. The summed E-state index contributed by atoms with van der Waals surface area (Å²) >= 11 is 0. The minimum absolute atomic E-state index is 0.0538. The second kappa shape index (κ2) is 7.11. The van der Waals surface area contributed by atoms with Gasteiger partial charge in [-0.3, -0.25) is 0 Å². The van der Waals surface area contributed by atoms with Gasteiger partial charge >= 0.3 is 0 Å². The molecule has 0 saturated heterocycles. The quantitative estimate of drug-likeness (QED) is 0.855. The zero-order valence-corrected chi connectivity index (χ0v) is 12.2. The number of hydrogen-bond acceptors (Lipinski definition) is 4. The van der Waals surface area contributed by atoms with Crippen molar-refractivity contribution in [3.8, 4) is 17.2 Å². The molecule has 4 heteroatoms. The molecule has 2 N–H and O–H groups in total. The first-order valence-electron chi connectivity index (χ1n) is 6.92. The number of aliphatic hydroxyl groups excluding tert-OH is 2. The van der Waals surface area contributed by atoms with Crippen LogP contribution in [0.4, 0.5) is 0 Å². The van der Waals surface area contributed by atoms with Crippen LogP contribution in [0.2, 0.25) is 0 Å². The fourth-order valence-corrected chi connectivity index (χ4v) is 2.08. The van der Waals surface area contributed by atoms with E-state index in [2.05, 4.69) is 0 Å². The molecule has 4 nitrogen and oxygen atoms in total. The second-order valence-corrected chi connectivity index (χ2v) is 4.71. The van der Waals surface area contributed by atoms with Gasteiger partial charge in [0.2, 0.25) is 0 Å². The monoisotopic (exact) mass is 288 g/mol. The average molecular weight is 288 g/mol. The third-order valence-electron chi connectivity index (χ3n) is 3.30. The highest BCUT2D eigenvalue weighted by Crippen LogP contribution is 2.36. The SMILES string of the molecule is CC[C@@H](O)c1ccccc1Oc1ccc(CO)cc1OC. The van der Waals surface area contributed by atoms with E-state index in [4.69, 9.17) is 14.6 Å². The van der Waals surface area contributed by atoms with Crippen LogP contribution in [0.1, 0.15) is 30.6 Å². The zero-order valence-electron chi connectivity index (χ0n) is 12.2. The molecule has 0 saturated carbocycles. The van der Waals surface area contributed by atoms with E-state index in [9.17, 15) is 5.11 Å². The second-order valence-electron chi connectivity index (χ2n) is 4.71. The molecular weight excluding hydrogens is 268 g/mol. The van der Waals surface area contributed by atoms with Gasteiger partial charge in [0.25, 0.3) is 0 Å². The Kier molecular flexibility index (Phi) is 5.20. The van der Waals surface area contributed by atoms with Gasteiger partial charge < -0.3 is 19.7 Å². The molecule has 21 heavy (non-hydrogen) atoms. The van der Waals surface area contributed by atoms with E-state index in [0.29, 0.717) is 23.7 Å². The molecule has 0 unspecified atom stereocenters. The number of rotatable bonds is 6. The first-order valence-corrected chi connectivity index (χ1v) is 6.92. The molecule has 2 aromatic rings. The normalized spacial score (nSPS) is 12.0. The molecule has 2 aromatic carbocycles. The van der Waals surface area contributed by atoms with Gasteiger partial charge in [0.1, 0.15) is 5.75 Å². The van der Waals surface area contributed by atoms with Crippen LogP contribution in [0.15, 0.2) is 42.5 Å². The number of hydrogen-bond donors (Lipinski definition) is 2. The minimum atomic E-state index is -0.566. The molecule has 0 spiro atoms. The fourth-order valence-electron chi connectivity index (χ4n) is 2.08. The lowest BCUT2D eigenvalue weighted by Crippen LogP contribution is -1.99. The van der Waals surface area contributed by atoms with Gasteiger partial charge in [-0.15, -0.1) is 0 Å². The van der Waals surface area contributed by atoms with Gasteiger partial charge in [0.05, 0.1) is 19.8 Å². The van der Waals surface area contributed by atoms with Crippen LogP contribution in [-0.4, -0.2) is 17.3 Å². The number of aliphatic hydroxyl groups is 2. The highest BCUT2D eigenvalue weighted by atomic mass is 16.5. The van der Waals surface area contributed by atoms with E-state index >= 15 is 0 Å². The van der Waals surface area contributed by atoms with Crippen molar-refractivity contribution < 1.29 is 19.7 Å². The fraction of sp³-hybridized carbons (Fsp3) is 0.294. The van der Waals surface area contributed by atoms with Gasteiger partial charge in [-0.2, -0.15) is 0 Å². The Balaban J connectivity index is 2.34. The van der Waals surface area contributed by atoms with Crippen molar-refractivity contribution in [1.29, 1.82) is 0 Å². The van der Waals surface area contributed by atoms with E-state index in [1.165, 1.54) is 0 Å². The molecule has 0 fully saturated rings. The topological polar surface area (TPSA) is 58.9 Å². The Morgan fingerprint density at radius 3 is 2.48 bits per heavy atom. The lowest BCUT2D eigenvalue weighted by molar-refractivity contribution is 0.170. The van der Waals surface area contributed by atoms with Gasteiger partial charge in [0.15, 0.2) is 11.5 Å². The Bertz CT molecular complexity index is 595. The Morgan fingerprint density at radius 1 is 1.05 bits per heavy atom. The number of methoxy groups -OCH3 is 1. The highest BCUT2D eigenvalue weighted by Gasteiger charge is 2.14. The first-order chi connectivity index (χ1) is 10.2. The summed E-state index contributed by atoms with van der Waals surface area (Å²) in [4.78, 5) is 0. The summed E-state index contributed by atoms with van der Waals surface area (Å²) in [6, 6.07) is 12.6. The molecule has 0 aliphatic rings. The Morgan fingerprint density at radius 2 is 1.81 bits per heavy atom. The van der Waals surface area contributed by atoms with Crippen molar-refractivity contribution in [2.24, 2.45) is 0 Å². The minimum Gasteiger partial charge on any atom is -0.493 e. The molecule has 0 aliphatic heterocycles. The van der Waals surface area contributed by atoms with E-state index in [-0.39, 0.29) is 6.61 Å². The predicted molar refractivity (Wildman–Crippen MR) is 80.7 cm³/mol. The first kappa shape index (κ1) is 15.4. The van der Waals surface area contributed by atoms with Crippen molar-refractivity contribution in [1.82, 2.24) is 0 Å². The molecule has 0 aromatic heterocycles. The average Bonchev–Trinajstić information content (AvgIpc) is 2.55. The van der Waals surface area contributed by atoms with E-state index in [0.717, 1.165) is 11.1 Å². The number of benzene rings is 2. The lowest BCUT2D eigenvalue weighted by Gasteiger charge is -2.16. The van der Waals surface area contributed by atoms with E-state index < -0.39 is 6.10 Å². The summed E-state index contributed by atoms with van der Waals surface area (Å²) in [5, 5.41) is 19.2. The lowest BCUT2D eigenvalue weighted by atomic mass is 10.1.